The van der Waals surface area contributed by atoms with Crippen LogP contribution in [-0.4, -0.2) is 9.55 Å². The molecule has 0 fully saturated rings. The fourth-order valence-corrected chi connectivity index (χ4v) is 1.48. The van der Waals surface area contributed by atoms with E-state index in [-0.39, 0.29) is 6.04 Å². The van der Waals surface area contributed by atoms with Gasteiger partial charge < -0.3 is 10.3 Å². The number of hydrogen-bond acceptors (Lipinski definition) is 1. The lowest BCUT2D eigenvalue weighted by Gasteiger charge is -2.08. The molecule has 2 aromatic rings. The van der Waals surface area contributed by atoms with Gasteiger partial charge in [0.25, 0.3) is 0 Å². The Morgan fingerprint density at radius 1 is 1.29 bits per heavy atom. The van der Waals surface area contributed by atoms with Gasteiger partial charge in [0.05, 0.1) is 12.9 Å². The monoisotopic (exact) mass is 188 g/mol. The molecule has 0 bridgehead atoms. The largest absolute Gasteiger partial charge is 0.350 e. The smallest absolute Gasteiger partial charge is 0.128 e. The Bertz CT molecular complexity index is 367. The van der Waals surface area contributed by atoms with Crippen LogP contribution in [0.4, 0.5) is 0 Å². The fourth-order valence-electron chi connectivity index (χ4n) is 1.48. The molecule has 0 spiro atoms. The third-order valence-electron chi connectivity index (χ3n) is 2.26. The fraction of sp³-hybridized carbons (Fsp3) is 0.182. The lowest BCUT2D eigenvalue weighted by atomic mass is 10.1. The van der Waals surface area contributed by atoms with Crippen molar-refractivity contribution in [2.24, 2.45) is 0 Å². The first-order chi connectivity index (χ1) is 6.86. The Hall–Kier alpha value is -1.61. The van der Waals surface area contributed by atoms with E-state index in [1.807, 2.05) is 35.3 Å². The number of imidazole rings is 1. The summed E-state index contributed by atoms with van der Waals surface area (Å²) in [7, 11) is 0. The maximum atomic E-state index is 4.13. The zero-order valence-corrected chi connectivity index (χ0v) is 8.00. The molecule has 3 heteroatoms. The number of aromatic nitrogens is 2. The van der Waals surface area contributed by atoms with Crippen LogP contribution < -0.4 is 5.73 Å². The highest BCUT2D eigenvalue weighted by atomic mass is 15.0. The Morgan fingerprint density at radius 3 is 2.71 bits per heavy atom. The number of rotatable bonds is 3. The van der Waals surface area contributed by atoms with Gasteiger partial charge in [-0.1, -0.05) is 30.3 Å². The van der Waals surface area contributed by atoms with E-state index >= 15 is 0 Å². The molecule has 1 aromatic carbocycles. The van der Waals surface area contributed by atoms with Gasteiger partial charge in [-0.3, -0.25) is 0 Å². The maximum Gasteiger partial charge on any atom is 0.128 e. The Morgan fingerprint density at radius 2 is 2.07 bits per heavy atom. The highest BCUT2D eigenvalue weighted by molar-refractivity contribution is 5.16. The summed E-state index contributed by atoms with van der Waals surface area (Å²) in [6.45, 7) is 0.879. The van der Waals surface area contributed by atoms with E-state index in [9.17, 15) is 0 Å². The van der Waals surface area contributed by atoms with Crippen LogP contribution in [0.3, 0.4) is 0 Å². The minimum absolute atomic E-state index is 0.283. The van der Waals surface area contributed by atoms with Crippen LogP contribution in [0.25, 0.3) is 0 Å². The normalized spacial score (nSPS) is 12.6. The highest BCUT2D eigenvalue weighted by Gasteiger charge is 2.08. The van der Waals surface area contributed by atoms with Crippen LogP contribution in [0.15, 0.2) is 49.1 Å². The predicted octanol–water partition coefficient (Wildman–Crippen LogP) is 0.866. The summed E-state index contributed by atoms with van der Waals surface area (Å²) in [6.07, 6.45) is 5.57. The van der Waals surface area contributed by atoms with Gasteiger partial charge >= 0.3 is 0 Å². The predicted molar refractivity (Wildman–Crippen MR) is 54.3 cm³/mol. The molecule has 0 saturated heterocycles. The van der Waals surface area contributed by atoms with Crippen LogP contribution in [0.1, 0.15) is 11.6 Å². The molecule has 1 heterocycles. The molecule has 3 N–H and O–H groups in total. The van der Waals surface area contributed by atoms with Gasteiger partial charge in [-0.25, -0.2) is 4.98 Å². The Labute approximate surface area is 83.2 Å². The van der Waals surface area contributed by atoms with Crippen LogP contribution in [0.5, 0.6) is 0 Å². The molecule has 14 heavy (non-hydrogen) atoms. The lowest BCUT2D eigenvalue weighted by molar-refractivity contribution is -0.429. The molecule has 72 valence electrons. The highest BCUT2D eigenvalue weighted by Crippen LogP contribution is 2.09. The maximum absolute atomic E-state index is 4.13. The van der Waals surface area contributed by atoms with E-state index in [4.69, 9.17) is 0 Å². The summed E-state index contributed by atoms with van der Waals surface area (Å²) in [6, 6.07) is 10.6. The van der Waals surface area contributed by atoms with Gasteiger partial charge in [0, 0.05) is 18.0 Å². The zero-order chi connectivity index (χ0) is 9.80. The quantitative estimate of drug-likeness (QED) is 0.763. The minimum Gasteiger partial charge on any atom is -0.350 e. The van der Waals surface area contributed by atoms with Gasteiger partial charge in [-0.05, 0) is 0 Å². The van der Waals surface area contributed by atoms with Gasteiger partial charge in [0.2, 0.25) is 0 Å². The van der Waals surface area contributed by atoms with Crippen molar-refractivity contribution in [2.45, 2.75) is 12.6 Å². The molecule has 0 aliphatic heterocycles. The van der Waals surface area contributed by atoms with E-state index in [0.29, 0.717) is 0 Å². The minimum atomic E-state index is 0.283. The molecule has 0 unspecified atom stereocenters. The SMILES string of the molecule is [NH3+][C@H](Cn1ccnc1)c1ccccc1. The number of quaternary nitrogens is 1. The lowest BCUT2D eigenvalue weighted by Crippen LogP contribution is -2.55. The molecule has 3 nitrogen and oxygen atoms in total. The van der Waals surface area contributed by atoms with E-state index in [1.54, 1.807) is 6.20 Å². The average molecular weight is 188 g/mol. The van der Waals surface area contributed by atoms with Crippen LogP contribution in [-0.2, 0) is 6.54 Å². The first-order valence-electron chi connectivity index (χ1n) is 4.70. The molecular weight excluding hydrogens is 174 g/mol. The van der Waals surface area contributed by atoms with E-state index in [1.165, 1.54) is 5.56 Å². The topological polar surface area (TPSA) is 45.5 Å². The molecular formula is C11H14N3+. The summed E-state index contributed by atoms with van der Waals surface area (Å²) in [5, 5.41) is 0. The average Bonchev–Trinajstić information content (AvgIpc) is 2.72. The van der Waals surface area contributed by atoms with Gasteiger partial charge in [-0.2, -0.15) is 0 Å². The third kappa shape index (κ3) is 2.00. The molecule has 1 atom stereocenters. The standard InChI is InChI=1S/C11H13N3/c12-11(8-14-7-6-13-9-14)10-4-2-1-3-5-10/h1-7,9,11H,8,12H2/p+1/t11-/m1/s1. The summed E-state index contributed by atoms with van der Waals surface area (Å²) in [5.74, 6) is 0. The third-order valence-corrected chi connectivity index (χ3v) is 2.26. The van der Waals surface area contributed by atoms with Crippen molar-refractivity contribution in [3.63, 3.8) is 0 Å². The molecule has 0 amide bonds. The van der Waals surface area contributed by atoms with Crippen LogP contribution in [0.2, 0.25) is 0 Å². The van der Waals surface area contributed by atoms with Gasteiger partial charge in [0.15, 0.2) is 0 Å². The van der Waals surface area contributed by atoms with Crippen molar-refractivity contribution < 1.29 is 5.73 Å². The second-order valence-corrected chi connectivity index (χ2v) is 3.37. The second kappa shape index (κ2) is 4.07. The number of hydrogen-bond donors (Lipinski definition) is 1. The van der Waals surface area contributed by atoms with E-state index in [2.05, 4.69) is 22.9 Å². The molecule has 0 saturated carbocycles. The Kier molecular flexibility index (Phi) is 2.60. The van der Waals surface area contributed by atoms with Crippen molar-refractivity contribution in [3.8, 4) is 0 Å². The van der Waals surface area contributed by atoms with Crippen molar-refractivity contribution in [1.29, 1.82) is 0 Å². The number of nitrogens with zero attached hydrogens (tertiary/aromatic N) is 2. The Balaban J connectivity index is 2.07. The summed E-state index contributed by atoms with van der Waals surface area (Å²) < 4.78 is 2.05. The van der Waals surface area contributed by atoms with Crippen molar-refractivity contribution in [2.75, 3.05) is 0 Å². The molecule has 0 radical (unpaired) electrons. The molecule has 0 aliphatic rings. The molecule has 0 aliphatic carbocycles. The van der Waals surface area contributed by atoms with Crippen LogP contribution >= 0.6 is 0 Å². The summed E-state index contributed by atoms with van der Waals surface area (Å²) in [4.78, 5) is 4.00. The van der Waals surface area contributed by atoms with E-state index in [0.717, 1.165) is 6.54 Å². The van der Waals surface area contributed by atoms with E-state index < -0.39 is 0 Å². The first kappa shape index (κ1) is 8.97. The molecule has 2 rings (SSSR count). The summed E-state index contributed by atoms with van der Waals surface area (Å²) in [5.41, 5.74) is 5.40. The first-order valence-corrected chi connectivity index (χ1v) is 4.70. The van der Waals surface area contributed by atoms with Crippen molar-refractivity contribution >= 4 is 0 Å². The second-order valence-electron chi connectivity index (χ2n) is 3.37. The number of benzene rings is 1. The van der Waals surface area contributed by atoms with Gasteiger partial charge in [-0.15, -0.1) is 0 Å². The zero-order valence-electron chi connectivity index (χ0n) is 8.00. The van der Waals surface area contributed by atoms with Gasteiger partial charge in [0.1, 0.15) is 6.04 Å². The van der Waals surface area contributed by atoms with Crippen molar-refractivity contribution in [3.05, 3.63) is 54.6 Å². The van der Waals surface area contributed by atoms with Crippen LogP contribution in [0, 0.1) is 0 Å². The summed E-state index contributed by atoms with van der Waals surface area (Å²) >= 11 is 0. The molecule has 1 aromatic heterocycles. The van der Waals surface area contributed by atoms with Crippen molar-refractivity contribution in [1.82, 2.24) is 9.55 Å².